The van der Waals surface area contributed by atoms with Crippen LogP contribution in [-0.4, -0.2) is 20.1 Å². The van der Waals surface area contributed by atoms with Crippen molar-refractivity contribution in [2.45, 2.75) is 6.61 Å². The number of amides is 1. The fourth-order valence-corrected chi connectivity index (χ4v) is 3.15. The van der Waals surface area contributed by atoms with Crippen molar-refractivity contribution in [3.05, 3.63) is 70.4 Å². The molecule has 0 spiro atoms. The number of nitrogens with one attached hydrogen (secondary N) is 1. The van der Waals surface area contributed by atoms with Crippen LogP contribution >= 0.6 is 11.3 Å². The maximum atomic E-state index is 12.4. The third kappa shape index (κ3) is 4.34. The summed E-state index contributed by atoms with van der Waals surface area (Å²) in [5.74, 6) is 1.91. The molecule has 6 heteroatoms. The highest BCUT2D eigenvalue weighted by molar-refractivity contribution is 7.12. The van der Waals surface area contributed by atoms with Crippen LogP contribution in [0, 0.1) is 0 Å². The van der Waals surface area contributed by atoms with E-state index in [4.69, 9.17) is 14.2 Å². The predicted molar refractivity (Wildman–Crippen MR) is 103 cm³/mol. The van der Waals surface area contributed by atoms with Crippen LogP contribution in [0.15, 0.2) is 60.0 Å². The number of methoxy groups -OCH3 is 2. The van der Waals surface area contributed by atoms with Crippen molar-refractivity contribution in [2.24, 2.45) is 0 Å². The van der Waals surface area contributed by atoms with Crippen molar-refractivity contribution < 1.29 is 19.0 Å². The molecule has 3 aromatic rings. The van der Waals surface area contributed by atoms with Crippen LogP contribution < -0.4 is 19.5 Å². The summed E-state index contributed by atoms with van der Waals surface area (Å²) in [6, 6.07) is 16.6. The molecule has 26 heavy (non-hydrogen) atoms. The molecule has 0 bridgehead atoms. The molecule has 0 fully saturated rings. The smallest absolute Gasteiger partial charge is 0.265 e. The zero-order valence-corrected chi connectivity index (χ0v) is 15.3. The highest BCUT2D eigenvalue weighted by Gasteiger charge is 2.12. The van der Waals surface area contributed by atoms with Gasteiger partial charge in [0, 0.05) is 11.6 Å². The third-order valence-electron chi connectivity index (χ3n) is 3.68. The molecule has 0 saturated heterocycles. The van der Waals surface area contributed by atoms with Gasteiger partial charge in [-0.15, -0.1) is 11.3 Å². The number of para-hydroxylation sites is 2. The summed E-state index contributed by atoms with van der Waals surface area (Å²) in [7, 11) is 3.19. The highest BCUT2D eigenvalue weighted by Crippen LogP contribution is 2.25. The van der Waals surface area contributed by atoms with Gasteiger partial charge in [-0.05, 0) is 35.7 Å². The van der Waals surface area contributed by atoms with E-state index in [0.29, 0.717) is 22.9 Å². The van der Waals surface area contributed by atoms with Crippen LogP contribution in [0.5, 0.6) is 17.2 Å². The van der Waals surface area contributed by atoms with Crippen LogP contribution in [0.1, 0.15) is 15.2 Å². The number of carbonyl (C=O) groups is 1. The number of hydrogen-bond acceptors (Lipinski definition) is 5. The summed E-state index contributed by atoms with van der Waals surface area (Å²) in [4.78, 5) is 13.1. The lowest BCUT2D eigenvalue weighted by Crippen LogP contribution is -2.11. The topological polar surface area (TPSA) is 56.8 Å². The van der Waals surface area contributed by atoms with Gasteiger partial charge in [-0.1, -0.05) is 18.2 Å². The van der Waals surface area contributed by atoms with E-state index in [-0.39, 0.29) is 5.91 Å². The second kappa shape index (κ2) is 8.40. The minimum absolute atomic E-state index is 0.174. The first-order valence-electron chi connectivity index (χ1n) is 7.98. The molecule has 5 nitrogen and oxygen atoms in total. The highest BCUT2D eigenvalue weighted by atomic mass is 32.1. The summed E-state index contributed by atoms with van der Waals surface area (Å²) in [5, 5.41) is 4.78. The van der Waals surface area contributed by atoms with Gasteiger partial charge in [-0.2, -0.15) is 0 Å². The van der Waals surface area contributed by atoms with Crippen molar-refractivity contribution in [1.29, 1.82) is 0 Å². The molecule has 0 unspecified atom stereocenters. The fraction of sp³-hybridized carbons (Fsp3) is 0.150. The largest absolute Gasteiger partial charge is 0.497 e. The minimum atomic E-state index is -0.174. The molecule has 0 aliphatic heterocycles. The molecule has 0 saturated carbocycles. The predicted octanol–water partition coefficient (Wildman–Crippen LogP) is 4.60. The van der Waals surface area contributed by atoms with E-state index in [0.717, 1.165) is 17.1 Å². The van der Waals surface area contributed by atoms with Gasteiger partial charge in [0.2, 0.25) is 0 Å². The second-order valence-corrected chi connectivity index (χ2v) is 6.35. The Balaban J connectivity index is 1.62. The van der Waals surface area contributed by atoms with Crippen LogP contribution in [0.25, 0.3) is 0 Å². The van der Waals surface area contributed by atoms with E-state index >= 15 is 0 Å². The SMILES string of the molecule is COc1cccc(OCc2csc(C(=O)Nc3ccccc3OC)c2)c1. The number of carbonyl (C=O) groups excluding carboxylic acids is 1. The maximum absolute atomic E-state index is 12.4. The Morgan fingerprint density at radius 1 is 1.00 bits per heavy atom. The molecular weight excluding hydrogens is 350 g/mol. The fourth-order valence-electron chi connectivity index (χ4n) is 2.36. The Labute approximate surface area is 156 Å². The van der Waals surface area contributed by atoms with Gasteiger partial charge in [-0.3, -0.25) is 4.79 Å². The van der Waals surface area contributed by atoms with Gasteiger partial charge in [0.15, 0.2) is 0 Å². The summed E-state index contributed by atoms with van der Waals surface area (Å²) in [5.41, 5.74) is 1.57. The first kappa shape index (κ1) is 17.8. The van der Waals surface area contributed by atoms with Crippen LogP contribution in [0.4, 0.5) is 5.69 Å². The molecule has 3 rings (SSSR count). The van der Waals surface area contributed by atoms with Crippen LogP contribution in [0.3, 0.4) is 0 Å². The Kier molecular flexibility index (Phi) is 5.76. The Morgan fingerprint density at radius 3 is 2.62 bits per heavy atom. The standard InChI is InChI=1S/C20H19NO4S/c1-23-15-6-5-7-16(11-15)25-12-14-10-19(26-13-14)20(22)21-17-8-3-4-9-18(17)24-2/h3-11,13H,12H2,1-2H3,(H,21,22). The van der Waals surface area contributed by atoms with E-state index in [9.17, 15) is 4.79 Å². The van der Waals surface area contributed by atoms with E-state index in [1.54, 1.807) is 26.4 Å². The zero-order chi connectivity index (χ0) is 18.4. The Hall–Kier alpha value is -2.99. The van der Waals surface area contributed by atoms with Crippen molar-refractivity contribution >= 4 is 22.9 Å². The molecule has 1 N–H and O–H groups in total. The average molecular weight is 369 g/mol. The third-order valence-corrected chi connectivity index (χ3v) is 4.66. The summed E-state index contributed by atoms with van der Waals surface area (Å²) in [6.07, 6.45) is 0. The van der Waals surface area contributed by atoms with E-state index in [2.05, 4.69) is 5.32 Å². The number of benzene rings is 2. The quantitative estimate of drug-likeness (QED) is 0.661. The molecule has 1 aromatic heterocycles. The minimum Gasteiger partial charge on any atom is -0.497 e. The molecule has 0 radical (unpaired) electrons. The van der Waals surface area contributed by atoms with Gasteiger partial charge in [0.1, 0.15) is 23.9 Å². The van der Waals surface area contributed by atoms with Crippen molar-refractivity contribution in [3.63, 3.8) is 0 Å². The Morgan fingerprint density at radius 2 is 1.81 bits per heavy atom. The molecule has 134 valence electrons. The van der Waals surface area contributed by atoms with E-state index in [1.165, 1.54) is 11.3 Å². The second-order valence-electron chi connectivity index (χ2n) is 5.44. The summed E-state index contributed by atoms with van der Waals surface area (Å²) < 4.78 is 16.2. The van der Waals surface area contributed by atoms with Gasteiger partial charge >= 0.3 is 0 Å². The van der Waals surface area contributed by atoms with Gasteiger partial charge in [0.25, 0.3) is 5.91 Å². The number of hydrogen-bond donors (Lipinski definition) is 1. The van der Waals surface area contributed by atoms with Crippen molar-refractivity contribution in [2.75, 3.05) is 19.5 Å². The maximum Gasteiger partial charge on any atom is 0.265 e. The molecular formula is C20H19NO4S. The molecule has 1 heterocycles. The summed E-state index contributed by atoms with van der Waals surface area (Å²) in [6.45, 7) is 0.381. The number of anilines is 1. The molecule has 0 atom stereocenters. The summed E-state index contributed by atoms with van der Waals surface area (Å²) >= 11 is 1.38. The molecule has 2 aromatic carbocycles. The van der Waals surface area contributed by atoms with Crippen LogP contribution in [0.2, 0.25) is 0 Å². The van der Waals surface area contributed by atoms with Gasteiger partial charge in [0.05, 0.1) is 24.8 Å². The lowest BCUT2D eigenvalue weighted by molar-refractivity contribution is 0.103. The van der Waals surface area contributed by atoms with Gasteiger partial charge < -0.3 is 19.5 Å². The van der Waals surface area contributed by atoms with E-state index < -0.39 is 0 Å². The lowest BCUT2D eigenvalue weighted by Gasteiger charge is -2.08. The van der Waals surface area contributed by atoms with Crippen molar-refractivity contribution in [3.8, 4) is 17.2 Å². The number of ether oxygens (including phenoxy) is 3. The first-order valence-corrected chi connectivity index (χ1v) is 8.86. The molecule has 1 amide bonds. The van der Waals surface area contributed by atoms with E-state index in [1.807, 2.05) is 47.8 Å². The Bertz CT molecular complexity index is 891. The lowest BCUT2D eigenvalue weighted by atomic mass is 10.2. The van der Waals surface area contributed by atoms with Gasteiger partial charge in [-0.25, -0.2) is 0 Å². The normalized spacial score (nSPS) is 10.2. The number of rotatable bonds is 7. The number of thiophene rings is 1. The zero-order valence-electron chi connectivity index (χ0n) is 14.5. The first-order chi connectivity index (χ1) is 12.7. The monoisotopic (exact) mass is 369 g/mol. The average Bonchev–Trinajstić information content (AvgIpc) is 3.16. The van der Waals surface area contributed by atoms with Crippen molar-refractivity contribution in [1.82, 2.24) is 0 Å². The van der Waals surface area contributed by atoms with Crippen LogP contribution in [-0.2, 0) is 6.61 Å². The molecule has 0 aliphatic rings. The molecule has 0 aliphatic carbocycles.